The molecule has 0 aliphatic heterocycles. The summed E-state index contributed by atoms with van der Waals surface area (Å²) in [5, 5.41) is 13.2. The number of esters is 2. The van der Waals surface area contributed by atoms with Gasteiger partial charge in [-0.2, -0.15) is 0 Å². The molecule has 29 heavy (non-hydrogen) atoms. The summed E-state index contributed by atoms with van der Waals surface area (Å²) in [6, 6.07) is 12.2. The maximum absolute atomic E-state index is 12.0. The van der Waals surface area contributed by atoms with E-state index in [4.69, 9.17) is 4.74 Å². The summed E-state index contributed by atoms with van der Waals surface area (Å²) in [5.41, 5.74) is 0.517. The van der Waals surface area contributed by atoms with Gasteiger partial charge in [-0.15, -0.1) is 0 Å². The predicted octanol–water partition coefficient (Wildman–Crippen LogP) is 2.82. The Kier molecular flexibility index (Phi) is 7.36. The number of hydrogen-bond acceptors (Lipinski definition) is 8. The molecule has 8 nitrogen and oxygen atoms in total. The molecule has 2 N–H and O–H groups in total. The first kappa shape index (κ1) is 21.5. The summed E-state index contributed by atoms with van der Waals surface area (Å²) >= 11 is 0. The average Bonchev–Trinajstić information content (AvgIpc) is 2.73. The van der Waals surface area contributed by atoms with Crippen molar-refractivity contribution in [1.29, 1.82) is 0 Å². The van der Waals surface area contributed by atoms with Crippen LogP contribution in [0.3, 0.4) is 0 Å². The molecule has 2 aromatic rings. The van der Waals surface area contributed by atoms with Crippen molar-refractivity contribution in [2.75, 3.05) is 19.5 Å². The Labute approximate surface area is 167 Å². The van der Waals surface area contributed by atoms with Crippen LogP contribution in [0.25, 0.3) is 0 Å². The molecule has 0 amide bonds. The van der Waals surface area contributed by atoms with Gasteiger partial charge in [-0.05, 0) is 24.6 Å². The molecule has 8 heteroatoms. The van der Waals surface area contributed by atoms with Gasteiger partial charge in [0.2, 0.25) is 0 Å². The first-order valence-electron chi connectivity index (χ1n) is 8.56. The molecule has 0 bridgehead atoms. The molecule has 0 aromatic heterocycles. The van der Waals surface area contributed by atoms with E-state index in [0.29, 0.717) is 0 Å². The Bertz CT molecular complexity index is 936. The third kappa shape index (κ3) is 5.58. The average molecular weight is 399 g/mol. The van der Waals surface area contributed by atoms with E-state index in [0.717, 1.165) is 25.9 Å². The molecule has 2 aromatic carbocycles. The SMILES string of the molecule is COC(=O)/C=C(/Nc1c(OCc2ccccc2)ccc(C(C)=O)c1O)C(=O)OC. The Hall–Kier alpha value is -3.81. The number of carbonyl (C=O) groups is 3. The zero-order chi connectivity index (χ0) is 21.4. The molecule has 0 saturated heterocycles. The number of methoxy groups -OCH3 is 2. The van der Waals surface area contributed by atoms with Crippen molar-refractivity contribution < 1.29 is 33.7 Å². The van der Waals surface area contributed by atoms with Crippen LogP contribution in [-0.4, -0.2) is 37.0 Å². The molecule has 0 spiro atoms. The van der Waals surface area contributed by atoms with E-state index >= 15 is 0 Å². The third-order valence-corrected chi connectivity index (χ3v) is 3.88. The zero-order valence-corrected chi connectivity index (χ0v) is 16.2. The van der Waals surface area contributed by atoms with Crippen molar-refractivity contribution in [3.63, 3.8) is 0 Å². The van der Waals surface area contributed by atoms with E-state index in [-0.39, 0.29) is 29.3 Å². The number of hydrogen-bond donors (Lipinski definition) is 2. The molecule has 0 aliphatic carbocycles. The van der Waals surface area contributed by atoms with Gasteiger partial charge < -0.3 is 24.6 Å². The highest BCUT2D eigenvalue weighted by Crippen LogP contribution is 2.38. The lowest BCUT2D eigenvalue weighted by atomic mass is 10.1. The molecule has 152 valence electrons. The van der Waals surface area contributed by atoms with Crippen LogP contribution in [0.4, 0.5) is 5.69 Å². The lowest BCUT2D eigenvalue weighted by Crippen LogP contribution is -2.16. The van der Waals surface area contributed by atoms with Gasteiger partial charge in [0, 0.05) is 0 Å². The van der Waals surface area contributed by atoms with Gasteiger partial charge in [-0.25, -0.2) is 9.59 Å². The fourth-order valence-electron chi connectivity index (χ4n) is 2.40. The van der Waals surface area contributed by atoms with Crippen LogP contribution in [0, 0.1) is 0 Å². The highest BCUT2D eigenvalue weighted by molar-refractivity contribution is 6.02. The van der Waals surface area contributed by atoms with Crippen molar-refractivity contribution in [3.05, 3.63) is 65.4 Å². The van der Waals surface area contributed by atoms with Crippen molar-refractivity contribution >= 4 is 23.4 Å². The summed E-state index contributed by atoms with van der Waals surface area (Å²) in [6.07, 6.45) is 0.868. The summed E-state index contributed by atoms with van der Waals surface area (Å²) in [7, 11) is 2.28. The van der Waals surface area contributed by atoms with Crippen LogP contribution in [0.2, 0.25) is 0 Å². The normalized spacial score (nSPS) is 10.8. The van der Waals surface area contributed by atoms with E-state index in [1.807, 2.05) is 30.3 Å². The number of ether oxygens (including phenoxy) is 3. The minimum atomic E-state index is -0.878. The predicted molar refractivity (Wildman–Crippen MR) is 105 cm³/mol. The van der Waals surface area contributed by atoms with Crippen LogP contribution in [0.15, 0.2) is 54.2 Å². The molecule has 0 radical (unpaired) electrons. The van der Waals surface area contributed by atoms with Gasteiger partial charge in [-0.3, -0.25) is 4.79 Å². The number of aromatic hydroxyl groups is 1. The van der Waals surface area contributed by atoms with Crippen LogP contribution in [0.5, 0.6) is 11.5 Å². The lowest BCUT2D eigenvalue weighted by molar-refractivity contribution is -0.138. The molecule has 0 aliphatic rings. The second-order valence-electron chi connectivity index (χ2n) is 5.86. The smallest absolute Gasteiger partial charge is 0.354 e. The Morgan fingerprint density at radius 3 is 2.31 bits per heavy atom. The van der Waals surface area contributed by atoms with Gasteiger partial charge in [0.05, 0.1) is 25.9 Å². The van der Waals surface area contributed by atoms with E-state index in [9.17, 15) is 19.5 Å². The minimum Gasteiger partial charge on any atom is -0.505 e. The number of ketones is 1. The number of phenolic OH excluding ortho intramolecular Hbond substituents is 1. The number of anilines is 1. The van der Waals surface area contributed by atoms with Gasteiger partial charge in [0.25, 0.3) is 0 Å². The molecular formula is C21H21NO7. The van der Waals surface area contributed by atoms with Crippen molar-refractivity contribution in [1.82, 2.24) is 0 Å². The Morgan fingerprint density at radius 1 is 1.03 bits per heavy atom. The fourth-order valence-corrected chi connectivity index (χ4v) is 2.40. The maximum atomic E-state index is 12.0. The molecule has 0 atom stereocenters. The van der Waals surface area contributed by atoms with E-state index < -0.39 is 23.5 Å². The van der Waals surface area contributed by atoms with Gasteiger partial charge in [-0.1, -0.05) is 30.3 Å². The van der Waals surface area contributed by atoms with Crippen molar-refractivity contribution in [3.8, 4) is 11.5 Å². The fraction of sp³-hybridized carbons (Fsp3) is 0.190. The maximum Gasteiger partial charge on any atom is 0.354 e. The molecule has 0 heterocycles. The number of nitrogens with one attached hydrogen (secondary N) is 1. The van der Waals surface area contributed by atoms with E-state index in [2.05, 4.69) is 14.8 Å². The number of carbonyl (C=O) groups excluding carboxylic acids is 3. The molecule has 0 unspecified atom stereocenters. The summed E-state index contributed by atoms with van der Waals surface area (Å²) < 4.78 is 14.9. The van der Waals surface area contributed by atoms with E-state index in [1.165, 1.54) is 19.1 Å². The number of benzene rings is 2. The third-order valence-electron chi connectivity index (χ3n) is 3.88. The van der Waals surface area contributed by atoms with Crippen LogP contribution >= 0.6 is 0 Å². The van der Waals surface area contributed by atoms with Crippen molar-refractivity contribution in [2.45, 2.75) is 13.5 Å². The van der Waals surface area contributed by atoms with Gasteiger partial charge in [0.15, 0.2) is 11.5 Å². The summed E-state index contributed by atoms with van der Waals surface area (Å²) in [4.78, 5) is 35.4. The summed E-state index contributed by atoms with van der Waals surface area (Å²) in [6.45, 7) is 1.46. The van der Waals surface area contributed by atoms with E-state index in [1.54, 1.807) is 0 Å². The topological polar surface area (TPSA) is 111 Å². The van der Waals surface area contributed by atoms with Gasteiger partial charge in [0.1, 0.15) is 23.7 Å². The minimum absolute atomic E-state index is 0.0156. The number of Topliss-reactive ketones (excluding diaryl/α,β-unsaturated/α-hetero) is 1. The number of rotatable bonds is 8. The van der Waals surface area contributed by atoms with Crippen LogP contribution in [-0.2, 0) is 25.7 Å². The molecule has 0 saturated carbocycles. The Morgan fingerprint density at radius 2 is 1.72 bits per heavy atom. The van der Waals surface area contributed by atoms with Crippen LogP contribution < -0.4 is 10.1 Å². The second-order valence-corrected chi connectivity index (χ2v) is 5.86. The first-order valence-corrected chi connectivity index (χ1v) is 8.56. The second kappa shape index (κ2) is 9.93. The Balaban J connectivity index is 2.45. The molecule has 0 fully saturated rings. The monoisotopic (exact) mass is 399 g/mol. The van der Waals surface area contributed by atoms with Gasteiger partial charge >= 0.3 is 11.9 Å². The lowest BCUT2D eigenvalue weighted by Gasteiger charge is -2.17. The first-order chi connectivity index (χ1) is 13.9. The standard InChI is InChI=1S/C21H21NO7/c1-13(23)15-9-10-17(29-12-14-7-5-4-6-8-14)19(20(15)25)22-16(21(26)28-3)11-18(24)27-2/h4-11,22,25H,12H2,1-3H3/b16-11+. The van der Waals surface area contributed by atoms with Crippen LogP contribution in [0.1, 0.15) is 22.8 Å². The van der Waals surface area contributed by atoms with Crippen molar-refractivity contribution in [2.24, 2.45) is 0 Å². The quantitative estimate of drug-likeness (QED) is 0.302. The number of phenols is 1. The highest BCUT2D eigenvalue weighted by Gasteiger charge is 2.21. The molecule has 2 rings (SSSR count). The highest BCUT2D eigenvalue weighted by atomic mass is 16.5. The molecular weight excluding hydrogens is 378 g/mol. The largest absolute Gasteiger partial charge is 0.505 e. The zero-order valence-electron chi connectivity index (χ0n) is 16.2. The summed E-state index contributed by atoms with van der Waals surface area (Å²) in [5.74, 6) is -2.35.